The molecule has 1 aromatic heterocycles. The third-order valence-corrected chi connectivity index (χ3v) is 0.524. The molecule has 0 aliphatic rings. The topological polar surface area (TPSA) is 214 Å². The Morgan fingerprint density at radius 1 is 1.00 bits per heavy atom. The fourth-order valence-corrected chi connectivity index (χ4v) is 0.250. The van der Waals surface area contributed by atoms with Crippen molar-refractivity contribution in [1.82, 2.24) is 15.4 Å². The Bertz CT molecular complexity index is 451. The van der Waals surface area contributed by atoms with E-state index in [2.05, 4.69) is 15.4 Å². The van der Waals surface area contributed by atoms with E-state index in [9.17, 15) is 0 Å². The molecule has 0 bridgehead atoms. The number of hydrogen-bond donors (Lipinski definition) is 5. The quantitative estimate of drug-likeness (QED) is 0.333. The molecule has 0 fully saturated rings. The van der Waals surface area contributed by atoms with Gasteiger partial charge in [0.1, 0.15) is 5.82 Å². The van der Waals surface area contributed by atoms with E-state index in [1.165, 1.54) is 6.20 Å². The Morgan fingerprint density at radius 3 is 1.47 bits per heavy atom. The summed E-state index contributed by atoms with van der Waals surface area (Å²) in [6.07, 6.45) is 1.49. The van der Waals surface area contributed by atoms with Gasteiger partial charge in [-0.1, -0.05) is 0 Å². The Morgan fingerprint density at radius 2 is 1.35 bits per heavy atom. The third kappa shape index (κ3) is 53.4. The van der Waals surface area contributed by atoms with Gasteiger partial charge < -0.3 is 5.73 Å². The van der Waals surface area contributed by atoms with E-state index < -0.39 is 20.8 Å². The summed E-state index contributed by atoms with van der Waals surface area (Å²) in [4.78, 5) is 0. The highest BCUT2D eigenvalue weighted by Gasteiger charge is 1.85. The standard InChI is InChI=1S/C3H4N4.2H2O4S/c4-3-1-2-5-7-6-3;2*1-5(2,3)4/h1-2H,(H2,4,5,6);2*(H2,1,2,3,4). The van der Waals surface area contributed by atoms with Crippen LogP contribution in [-0.2, 0) is 20.8 Å². The zero-order chi connectivity index (χ0) is 14.1. The van der Waals surface area contributed by atoms with Crippen molar-refractivity contribution < 1.29 is 35.0 Å². The first kappa shape index (κ1) is 17.9. The Hall–Kier alpha value is -1.45. The molecule has 0 aromatic carbocycles. The maximum Gasteiger partial charge on any atom is 0.394 e. The van der Waals surface area contributed by atoms with Gasteiger partial charge in [0.05, 0.1) is 6.20 Å². The largest absolute Gasteiger partial charge is 0.394 e. The molecule has 0 aliphatic heterocycles. The minimum absolute atomic E-state index is 0.398. The second-order valence-corrected chi connectivity index (χ2v) is 3.73. The van der Waals surface area contributed by atoms with Gasteiger partial charge in [0.15, 0.2) is 0 Å². The van der Waals surface area contributed by atoms with Gasteiger partial charge in [0, 0.05) is 6.07 Å². The molecule has 1 aromatic rings. The highest BCUT2D eigenvalue weighted by atomic mass is 32.3. The normalized spacial score (nSPS) is 10.4. The van der Waals surface area contributed by atoms with Gasteiger partial charge in [0.2, 0.25) is 0 Å². The van der Waals surface area contributed by atoms with Crippen molar-refractivity contribution in [2.24, 2.45) is 0 Å². The van der Waals surface area contributed by atoms with Crippen LogP contribution >= 0.6 is 0 Å². The van der Waals surface area contributed by atoms with Crippen molar-refractivity contribution >= 4 is 26.6 Å². The van der Waals surface area contributed by atoms with Crippen LogP contribution in [0.15, 0.2) is 12.3 Å². The summed E-state index contributed by atoms with van der Waals surface area (Å²) < 4.78 is 63.2. The van der Waals surface area contributed by atoms with Gasteiger partial charge in [0.25, 0.3) is 0 Å². The lowest BCUT2D eigenvalue weighted by atomic mass is 10.6. The maximum atomic E-state index is 8.74. The van der Waals surface area contributed by atoms with E-state index >= 15 is 0 Å². The van der Waals surface area contributed by atoms with E-state index in [-0.39, 0.29) is 0 Å². The van der Waals surface area contributed by atoms with Gasteiger partial charge >= 0.3 is 20.8 Å². The van der Waals surface area contributed by atoms with Gasteiger partial charge in [-0.2, -0.15) is 16.8 Å². The Kier molecular flexibility index (Phi) is 8.19. The van der Waals surface area contributed by atoms with Crippen LogP contribution in [-0.4, -0.2) is 50.5 Å². The molecular weight excluding hydrogens is 284 g/mol. The molecule has 12 nitrogen and oxygen atoms in total. The summed E-state index contributed by atoms with van der Waals surface area (Å²) >= 11 is 0. The summed E-state index contributed by atoms with van der Waals surface area (Å²) in [5, 5.41) is 10.1. The third-order valence-electron chi connectivity index (χ3n) is 0.524. The fourth-order valence-electron chi connectivity index (χ4n) is 0.250. The van der Waals surface area contributed by atoms with Crippen molar-refractivity contribution in [2.45, 2.75) is 0 Å². The van der Waals surface area contributed by atoms with E-state index in [4.69, 9.17) is 40.8 Å². The molecule has 0 aliphatic carbocycles. The minimum Gasteiger partial charge on any atom is -0.382 e. The molecule has 100 valence electrons. The Balaban J connectivity index is 0. The van der Waals surface area contributed by atoms with E-state index in [1.807, 2.05) is 0 Å². The zero-order valence-electron chi connectivity index (χ0n) is 7.81. The first-order valence-corrected chi connectivity index (χ1v) is 5.98. The molecule has 0 spiro atoms. The monoisotopic (exact) mass is 292 g/mol. The number of nitrogens with two attached hydrogens (primary N) is 1. The molecular formula is C3H8N4O8S2. The first-order chi connectivity index (χ1) is 7.39. The number of rotatable bonds is 0. The molecule has 0 radical (unpaired) electrons. The van der Waals surface area contributed by atoms with Gasteiger partial charge in [-0.05, 0) is 5.21 Å². The van der Waals surface area contributed by atoms with Crippen LogP contribution in [0.2, 0.25) is 0 Å². The summed E-state index contributed by atoms with van der Waals surface area (Å²) in [7, 11) is -9.33. The number of aromatic nitrogens is 3. The summed E-state index contributed by atoms with van der Waals surface area (Å²) in [6.45, 7) is 0. The average Bonchev–Trinajstić information content (AvgIpc) is 1.98. The second kappa shape index (κ2) is 7.76. The molecule has 6 N–H and O–H groups in total. The highest BCUT2D eigenvalue weighted by molar-refractivity contribution is 7.80. The first-order valence-electron chi connectivity index (χ1n) is 3.19. The number of nitrogen functional groups attached to an aromatic ring is 1. The maximum absolute atomic E-state index is 8.74. The van der Waals surface area contributed by atoms with Gasteiger partial charge in [-0.25, -0.2) is 0 Å². The van der Waals surface area contributed by atoms with Crippen LogP contribution in [0.4, 0.5) is 5.82 Å². The van der Waals surface area contributed by atoms with Crippen LogP contribution in [0.25, 0.3) is 0 Å². The van der Waals surface area contributed by atoms with Crippen molar-refractivity contribution in [2.75, 3.05) is 5.73 Å². The lowest BCUT2D eigenvalue weighted by Crippen LogP contribution is -1.91. The van der Waals surface area contributed by atoms with Crippen molar-refractivity contribution in [3.63, 3.8) is 0 Å². The predicted molar refractivity (Wildman–Crippen MR) is 52.6 cm³/mol. The zero-order valence-corrected chi connectivity index (χ0v) is 9.45. The molecule has 0 amide bonds. The molecule has 17 heavy (non-hydrogen) atoms. The molecule has 0 saturated heterocycles. The van der Waals surface area contributed by atoms with Crippen LogP contribution in [0.1, 0.15) is 0 Å². The molecule has 0 unspecified atom stereocenters. The van der Waals surface area contributed by atoms with Crippen molar-refractivity contribution in [3.05, 3.63) is 12.3 Å². The molecule has 0 saturated carbocycles. The van der Waals surface area contributed by atoms with Crippen LogP contribution in [0, 0.1) is 0 Å². The Labute approximate surface area is 95.6 Å². The van der Waals surface area contributed by atoms with Crippen molar-refractivity contribution in [3.8, 4) is 0 Å². The number of anilines is 1. The molecule has 1 rings (SSSR count). The van der Waals surface area contributed by atoms with E-state index in [0.717, 1.165) is 0 Å². The lowest BCUT2D eigenvalue weighted by molar-refractivity contribution is 0.378. The lowest BCUT2D eigenvalue weighted by Gasteiger charge is -1.80. The number of nitrogens with zero attached hydrogens (tertiary/aromatic N) is 3. The van der Waals surface area contributed by atoms with Crippen LogP contribution < -0.4 is 5.73 Å². The summed E-state index contributed by atoms with van der Waals surface area (Å²) in [5.41, 5.74) is 5.14. The second-order valence-electron chi connectivity index (χ2n) is 1.94. The van der Waals surface area contributed by atoms with Gasteiger partial charge in [-0.3, -0.25) is 18.2 Å². The average molecular weight is 292 g/mol. The van der Waals surface area contributed by atoms with Crippen molar-refractivity contribution in [1.29, 1.82) is 0 Å². The van der Waals surface area contributed by atoms with E-state index in [0.29, 0.717) is 5.82 Å². The fraction of sp³-hybridized carbons (Fsp3) is 0. The van der Waals surface area contributed by atoms with Crippen LogP contribution in [0.5, 0.6) is 0 Å². The van der Waals surface area contributed by atoms with Gasteiger partial charge in [-0.15, -0.1) is 10.2 Å². The SMILES string of the molecule is Nc1ccnnn1.O=S(=O)(O)O.O=S(=O)(O)O. The van der Waals surface area contributed by atoms with E-state index in [1.54, 1.807) is 6.07 Å². The number of hydrogen-bond acceptors (Lipinski definition) is 8. The molecule has 0 atom stereocenters. The van der Waals surface area contributed by atoms with Crippen LogP contribution in [0.3, 0.4) is 0 Å². The molecule has 1 heterocycles. The highest BCUT2D eigenvalue weighted by Crippen LogP contribution is 1.83. The summed E-state index contributed by atoms with van der Waals surface area (Å²) in [6, 6.07) is 1.58. The molecule has 14 heteroatoms. The smallest absolute Gasteiger partial charge is 0.382 e. The summed E-state index contributed by atoms with van der Waals surface area (Å²) in [5.74, 6) is 0.398. The predicted octanol–water partition coefficient (Wildman–Crippen LogP) is -1.85. The minimum atomic E-state index is -4.67.